The molecule has 23 heteroatoms. The van der Waals surface area contributed by atoms with Gasteiger partial charge >= 0.3 is 18.2 Å². The highest BCUT2D eigenvalue weighted by Crippen LogP contribution is 2.43. The molecule has 4 aliphatic heterocycles. The van der Waals surface area contributed by atoms with Gasteiger partial charge in [-0.05, 0) is 101 Å². The van der Waals surface area contributed by atoms with Crippen LogP contribution in [0.15, 0.2) is 60.2 Å². The van der Waals surface area contributed by atoms with Crippen molar-refractivity contribution in [1.82, 2.24) is 31.1 Å². The first kappa shape index (κ1) is 63.3. The Kier molecular flexibility index (Phi) is 25.1. The van der Waals surface area contributed by atoms with E-state index in [0.717, 1.165) is 31.3 Å². The van der Waals surface area contributed by atoms with Crippen molar-refractivity contribution in [3.63, 3.8) is 0 Å². The van der Waals surface area contributed by atoms with Gasteiger partial charge in [-0.3, -0.25) is 24.0 Å². The second kappa shape index (κ2) is 31.3. The van der Waals surface area contributed by atoms with E-state index in [4.69, 9.17) is 40.9 Å². The standard InChI is InChI=1S/C56H86N10O13/c1-35(2)50(64-48(68)12-8-7-9-23-57)52(71)63-44(11-10-24-60-53(59)72)51(70)61-41-18-16-40(17-19-41)33-75-54(73)65-25-27-66(28-26-65)55(74)77-38(5)15-22-49(69)62-45-29-37(4)46(78-39(45)6)21-14-36(3)13-20-42-31-56(34-76-56)32-43(79-42)30-47(58)67/h13-20,22,35,37-39,42-46,50H,7-12,21,23-34,57H2,1-6H3,(H2,58,67)(H,61,70)(H,62,69)(H,63,71)(H,64,68)(H3,59,60,72)/b20-13+,22-15-,36-14+/t37-,38-,39+,42+,43+,44-,45+,46-,50-,56+/m0/s1. The number of amides is 9. The Morgan fingerprint density at radius 3 is 2.20 bits per heavy atom. The quantitative estimate of drug-likeness (QED) is 0.0268. The number of ether oxygens (including phenoxy) is 5. The molecule has 4 aliphatic rings. The van der Waals surface area contributed by atoms with Gasteiger partial charge in [0.2, 0.25) is 29.5 Å². The molecule has 4 fully saturated rings. The molecule has 0 bridgehead atoms. The fraction of sp³-hybridized carbons (Fsp3) is 0.643. The molecule has 438 valence electrons. The maximum absolute atomic E-state index is 13.5. The van der Waals surface area contributed by atoms with Crippen LogP contribution in [0.2, 0.25) is 0 Å². The van der Waals surface area contributed by atoms with Crippen LogP contribution in [0.1, 0.15) is 118 Å². The summed E-state index contributed by atoms with van der Waals surface area (Å²) >= 11 is 0. The van der Waals surface area contributed by atoms with E-state index in [9.17, 15) is 38.4 Å². The summed E-state index contributed by atoms with van der Waals surface area (Å²) in [5, 5.41) is 13.9. The predicted molar refractivity (Wildman–Crippen MR) is 294 cm³/mol. The SMILES string of the molecule is CC(/C=C/[C@@H]1C[C@]2(CO2)C[C@@H](CC(N)=O)O1)=C\C[C@@H]1O[C@H](C)[C@H](NC(=O)/C=C\[C@H](C)OC(=O)N2CCN(C(=O)OCc3ccc(NC(=O)[C@H](CCCNC(N)=O)NC(=O)[C@@H](NC(=O)CCCCCN)C(C)C)cc3)CC2)C[C@@H]1C. The predicted octanol–water partition coefficient (Wildman–Crippen LogP) is 3.94. The smallest absolute Gasteiger partial charge is 0.410 e. The highest BCUT2D eigenvalue weighted by Gasteiger charge is 2.51. The van der Waals surface area contributed by atoms with Gasteiger partial charge in [-0.2, -0.15) is 0 Å². The topological polar surface area (TPSA) is 331 Å². The Bertz CT molecular complexity index is 2320. The van der Waals surface area contributed by atoms with Gasteiger partial charge in [-0.1, -0.05) is 63.1 Å². The minimum Gasteiger partial charge on any atom is -0.445 e. The van der Waals surface area contributed by atoms with Crippen LogP contribution in [0.3, 0.4) is 0 Å². The monoisotopic (exact) mass is 1110 g/mol. The van der Waals surface area contributed by atoms with E-state index >= 15 is 0 Å². The first-order valence-electron chi connectivity index (χ1n) is 27.8. The molecule has 23 nitrogen and oxygen atoms in total. The Balaban J connectivity index is 0.989. The molecule has 79 heavy (non-hydrogen) atoms. The number of nitrogens with one attached hydrogen (secondary N) is 5. The summed E-state index contributed by atoms with van der Waals surface area (Å²) in [6.45, 7) is 13.5. The Morgan fingerprint density at radius 2 is 1.56 bits per heavy atom. The number of rotatable bonds is 27. The number of carbonyl (C=O) groups is 8. The van der Waals surface area contributed by atoms with Crippen LogP contribution in [-0.4, -0.2) is 158 Å². The molecule has 1 aromatic rings. The Hall–Kier alpha value is -6.56. The van der Waals surface area contributed by atoms with Crippen LogP contribution >= 0.6 is 0 Å². The molecule has 1 aromatic carbocycles. The molecule has 0 saturated carbocycles. The lowest BCUT2D eigenvalue weighted by Gasteiger charge is -2.39. The first-order valence-corrected chi connectivity index (χ1v) is 27.8. The average Bonchev–Trinajstić information content (AvgIpc) is 4.16. The summed E-state index contributed by atoms with van der Waals surface area (Å²) in [6, 6.07) is 3.80. The lowest BCUT2D eigenvalue weighted by Crippen LogP contribution is -2.54. The number of hydrogen-bond donors (Lipinski definition) is 8. The van der Waals surface area contributed by atoms with Crippen molar-refractivity contribution < 1.29 is 62.0 Å². The van der Waals surface area contributed by atoms with Gasteiger partial charge in [-0.25, -0.2) is 14.4 Å². The molecule has 0 radical (unpaired) electrons. The van der Waals surface area contributed by atoms with Gasteiger partial charge in [-0.15, -0.1) is 0 Å². The number of allylic oxidation sites excluding steroid dienone is 2. The number of anilines is 1. The van der Waals surface area contributed by atoms with Crippen LogP contribution in [0, 0.1) is 11.8 Å². The summed E-state index contributed by atoms with van der Waals surface area (Å²) in [7, 11) is 0. The number of urea groups is 1. The van der Waals surface area contributed by atoms with Crippen molar-refractivity contribution in [2.75, 3.05) is 51.2 Å². The molecular formula is C56H86N10O13. The van der Waals surface area contributed by atoms with Crippen molar-refractivity contribution in [3.05, 3.63) is 65.8 Å². The second-order valence-electron chi connectivity index (χ2n) is 21.6. The van der Waals surface area contributed by atoms with Gasteiger partial charge < -0.3 is 77.3 Å². The van der Waals surface area contributed by atoms with Crippen molar-refractivity contribution in [3.8, 4) is 0 Å². The number of hydrogen-bond acceptors (Lipinski definition) is 14. The molecule has 10 atom stereocenters. The largest absolute Gasteiger partial charge is 0.445 e. The van der Waals surface area contributed by atoms with Crippen LogP contribution in [-0.2, 0) is 54.3 Å². The molecule has 4 heterocycles. The number of carbonyl (C=O) groups excluding carboxylic acids is 8. The fourth-order valence-electron chi connectivity index (χ4n) is 9.73. The van der Waals surface area contributed by atoms with E-state index in [0.29, 0.717) is 50.1 Å². The second-order valence-corrected chi connectivity index (χ2v) is 21.6. The molecule has 4 saturated heterocycles. The van der Waals surface area contributed by atoms with E-state index in [1.807, 2.05) is 26.0 Å². The number of unbranched alkanes of at least 4 members (excludes halogenated alkanes) is 2. The number of benzene rings is 1. The lowest BCUT2D eigenvalue weighted by molar-refractivity contribution is -0.132. The van der Waals surface area contributed by atoms with Crippen LogP contribution in [0.5, 0.6) is 0 Å². The molecule has 1 spiro atoms. The number of epoxide rings is 1. The minimum absolute atomic E-state index is 0.0323. The fourth-order valence-corrected chi connectivity index (χ4v) is 9.73. The van der Waals surface area contributed by atoms with Gasteiger partial charge in [0, 0.05) is 63.7 Å². The molecule has 0 unspecified atom stereocenters. The molecular weight excluding hydrogens is 1020 g/mol. The third-order valence-corrected chi connectivity index (χ3v) is 14.5. The highest BCUT2D eigenvalue weighted by molar-refractivity contribution is 5.98. The van der Waals surface area contributed by atoms with E-state index in [-0.39, 0.29) is 124 Å². The summed E-state index contributed by atoms with van der Waals surface area (Å²) < 4.78 is 29.3. The zero-order valence-corrected chi connectivity index (χ0v) is 46.8. The Labute approximate surface area is 464 Å². The molecule has 0 aliphatic carbocycles. The van der Waals surface area contributed by atoms with Gasteiger partial charge in [0.15, 0.2) is 0 Å². The third kappa shape index (κ3) is 21.9. The zero-order valence-electron chi connectivity index (χ0n) is 46.8. The molecule has 0 aromatic heterocycles. The van der Waals surface area contributed by atoms with Crippen molar-refractivity contribution in [2.24, 2.45) is 29.0 Å². The molecule has 5 rings (SSSR count). The maximum Gasteiger partial charge on any atom is 0.410 e. The van der Waals surface area contributed by atoms with E-state index in [1.165, 1.54) is 22.0 Å². The first-order chi connectivity index (χ1) is 37.6. The summed E-state index contributed by atoms with van der Waals surface area (Å²) in [5.74, 6) is -2.12. The molecule has 9 amide bonds. The summed E-state index contributed by atoms with van der Waals surface area (Å²) in [4.78, 5) is 104. The summed E-state index contributed by atoms with van der Waals surface area (Å²) in [6.07, 6.45) is 12.5. The minimum atomic E-state index is -1.01. The van der Waals surface area contributed by atoms with Gasteiger partial charge in [0.25, 0.3) is 0 Å². The highest BCUT2D eigenvalue weighted by atomic mass is 16.6. The van der Waals surface area contributed by atoms with Gasteiger partial charge in [0.1, 0.15) is 24.8 Å². The van der Waals surface area contributed by atoms with Gasteiger partial charge in [0.05, 0.1) is 49.1 Å². The van der Waals surface area contributed by atoms with Crippen molar-refractivity contribution >= 4 is 53.4 Å². The van der Waals surface area contributed by atoms with Crippen molar-refractivity contribution in [1.29, 1.82) is 0 Å². The average molecular weight is 1110 g/mol. The van der Waals surface area contributed by atoms with Crippen LogP contribution < -0.4 is 43.8 Å². The Morgan fingerprint density at radius 1 is 0.861 bits per heavy atom. The third-order valence-electron chi connectivity index (χ3n) is 14.5. The number of piperazine rings is 1. The van der Waals surface area contributed by atoms with E-state index in [1.54, 1.807) is 45.0 Å². The number of primary amides is 2. The summed E-state index contributed by atoms with van der Waals surface area (Å²) in [5.41, 5.74) is 18.1. The van der Waals surface area contributed by atoms with Crippen molar-refractivity contribution in [2.45, 2.75) is 173 Å². The lowest BCUT2D eigenvalue weighted by atomic mass is 9.88. The van der Waals surface area contributed by atoms with E-state index < -0.39 is 48.2 Å². The zero-order chi connectivity index (χ0) is 57.6. The molecule has 11 N–H and O–H groups in total. The van der Waals surface area contributed by atoms with Crippen LogP contribution in [0.4, 0.5) is 20.1 Å². The number of nitrogens with zero attached hydrogens (tertiary/aromatic N) is 2. The normalized spacial score (nSPS) is 24.3. The number of nitrogens with two attached hydrogens (primary N) is 3. The maximum atomic E-state index is 13.5. The van der Waals surface area contributed by atoms with Crippen LogP contribution in [0.25, 0.3) is 0 Å². The van der Waals surface area contributed by atoms with E-state index in [2.05, 4.69) is 39.6 Å².